The molecule has 0 heterocycles. The summed E-state index contributed by atoms with van der Waals surface area (Å²) in [5.74, 6) is -0.636. The first-order valence-corrected chi connectivity index (χ1v) is 5.22. The Morgan fingerprint density at radius 3 is 2.50 bits per heavy atom. The minimum absolute atomic E-state index is 0.0221. The van der Waals surface area contributed by atoms with Crippen LogP contribution in [0.25, 0.3) is 0 Å². The molecule has 0 saturated heterocycles. The molecule has 1 unspecified atom stereocenters. The summed E-state index contributed by atoms with van der Waals surface area (Å²) in [6.07, 6.45) is 0.437. The first-order chi connectivity index (χ1) is 7.41. The summed E-state index contributed by atoms with van der Waals surface area (Å²) in [7, 11) is 0. The van der Waals surface area contributed by atoms with E-state index in [9.17, 15) is 15.3 Å². The minimum atomic E-state index is -0.847. The Kier molecular flexibility index (Phi) is 4.15. The molecule has 0 aromatic heterocycles. The van der Waals surface area contributed by atoms with E-state index >= 15 is 0 Å². The number of aliphatic hydroxyl groups excluding tert-OH is 1. The molecule has 0 aliphatic heterocycles. The van der Waals surface area contributed by atoms with Gasteiger partial charge in [-0.05, 0) is 12.0 Å². The van der Waals surface area contributed by atoms with Gasteiger partial charge in [0.25, 0.3) is 0 Å². The summed E-state index contributed by atoms with van der Waals surface area (Å²) in [5, 5.41) is 28.5. The molecule has 1 aromatic carbocycles. The number of hydrogen-bond acceptors (Lipinski definition) is 4. The fourth-order valence-corrected chi connectivity index (χ4v) is 1.25. The van der Waals surface area contributed by atoms with Crippen molar-refractivity contribution in [1.29, 1.82) is 0 Å². The molecule has 5 heteroatoms. The molecule has 0 aliphatic rings. The molecule has 0 aliphatic carbocycles. The Hall–Kier alpha value is -1.26. The lowest BCUT2D eigenvalue weighted by Crippen LogP contribution is -2.11. The highest BCUT2D eigenvalue weighted by molar-refractivity contribution is 6.31. The molecule has 0 amide bonds. The van der Waals surface area contributed by atoms with Gasteiger partial charge in [-0.1, -0.05) is 25.4 Å². The summed E-state index contributed by atoms with van der Waals surface area (Å²) in [4.78, 5) is 3.84. The monoisotopic (exact) mass is 243 g/mol. The molecule has 3 N–H and O–H groups in total. The van der Waals surface area contributed by atoms with Crippen molar-refractivity contribution in [3.8, 4) is 11.5 Å². The van der Waals surface area contributed by atoms with Crippen LogP contribution in [0.15, 0.2) is 17.1 Å². The van der Waals surface area contributed by atoms with Crippen LogP contribution in [0.4, 0.5) is 0 Å². The topological polar surface area (TPSA) is 73.1 Å². The van der Waals surface area contributed by atoms with Crippen molar-refractivity contribution in [2.24, 2.45) is 10.9 Å². The highest BCUT2D eigenvalue weighted by Crippen LogP contribution is 2.31. The van der Waals surface area contributed by atoms with Crippen molar-refractivity contribution >= 4 is 17.8 Å². The zero-order valence-electron chi connectivity index (χ0n) is 9.05. The van der Waals surface area contributed by atoms with E-state index < -0.39 is 6.23 Å². The van der Waals surface area contributed by atoms with Gasteiger partial charge in [-0.15, -0.1) is 0 Å². The molecule has 0 radical (unpaired) electrons. The van der Waals surface area contributed by atoms with E-state index in [0.29, 0.717) is 0 Å². The van der Waals surface area contributed by atoms with Gasteiger partial charge in [-0.3, -0.25) is 4.99 Å². The number of hydrogen-bond donors (Lipinski definition) is 3. The summed E-state index contributed by atoms with van der Waals surface area (Å²) in [6.45, 7) is 3.63. The first kappa shape index (κ1) is 12.8. The lowest BCUT2D eigenvalue weighted by Gasteiger charge is -2.08. The second kappa shape index (κ2) is 5.18. The van der Waals surface area contributed by atoms with Crippen molar-refractivity contribution in [2.45, 2.75) is 20.1 Å². The maximum Gasteiger partial charge on any atom is 0.166 e. The number of rotatable bonds is 3. The lowest BCUT2D eigenvalue weighted by molar-refractivity contribution is 0.135. The van der Waals surface area contributed by atoms with Crippen LogP contribution in [0, 0.1) is 5.92 Å². The normalized spacial score (nSPS) is 13.6. The summed E-state index contributed by atoms with van der Waals surface area (Å²) < 4.78 is 0. The third kappa shape index (κ3) is 3.12. The number of benzene rings is 1. The Morgan fingerprint density at radius 2 is 1.94 bits per heavy atom. The predicted octanol–water partition coefficient (Wildman–Crippen LogP) is 2.14. The Bertz CT molecular complexity index is 404. The largest absolute Gasteiger partial charge is 0.504 e. The maximum absolute atomic E-state index is 9.49. The van der Waals surface area contributed by atoms with Gasteiger partial charge in [0.05, 0.1) is 0 Å². The Morgan fingerprint density at radius 1 is 1.31 bits per heavy atom. The van der Waals surface area contributed by atoms with Crippen LogP contribution in [0.2, 0.25) is 5.02 Å². The number of aliphatic imine (C=N–C) groups is 1. The molecule has 0 saturated carbocycles. The van der Waals surface area contributed by atoms with E-state index in [0.717, 1.165) is 0 Å². The Balaban J connectivity index is 2.97. The highest BCUT2D eigenvalue weighted by atomic mass is 35.5. The zero-order chi connectivity index (χ0) is 12.3. The van der Waals surface area contributed by atoms with Crippen molar-refractivity contribution in [2.75, 3.05) is 0 Å². The lowest BCUT2D eigenvalue weighted by atomic mass is 10.2. The SMILES string of the molecule is CC(C)C(O)/N=C/c1cc(Cl)cc(O)c1O. The molecule has 4 nitrogen and oxygen atoms in total. The quantitative estimate of drug-likeness (QED) is 0.563. The molecule has 0 fully saturated rings. The van der Waals surface area contributed by atoms with Crippen LogP contribution in [-0.4, -0.2) is 27.8 Å². The first-order valence-electron chi connectivity index (χ1n) is 4.84. The van der Waals surface area contributed by atoms with Gasteiger partial charge in [-0.25, -0.2) is 0 Å². The van der Waals surface area contributed by atoms with Crippen LogP contribution in [-0.2, 0) is 0 Å². The number of halogens is 1. The average Bonchev–Trinajstić information content (AvgIpc) is 2.20. The summed E-state index contributed by atoms with van der Waals surface area (Å²) in [6, 6.07) is 2.68. The number of phenolic OH excluding ortho intramolecular Hbond substituents is 2. The minimum Gasteiger partial charge on any atom is -0.504 e. The van der Waals surface area contributed by atoms with Gasteiger partial charge in [-0.2, -0.15) is 0 Å². The zero-order valence-corrected chi connectivity index (χ0v) is 9.81. The highest BCUT2D eigenvalue weighted by Gasteiger charge is 2.09. The van der Waals surface area contributed by atoms with Gasteiger partial charge in [0, 0.05) is 22.9 Å². The molecule has 88 valence electrons. The van der Waals surface area contributed by atoms with Gasteiger partial charge in [0.2, 0.25) is 0 Å². The second-order valence-electron chi connectivity index (χ2n) is 3.80. The molecule has 0 bridgehead atoms. The van der Waals surface area contributed by atoms with E-state index in [1.165, 1.54) is 18.3 Å². The van der Waals surface area contributed by atoms with Crippen molar-refractivity contribution in [3.05, 3.63) is 22.7 Å². The smallest absolute Gasteiger partial charge is 0.166 e. The molecule has 16 heavy (non-hydrogen) atoms. The van der Waals surface area contributed by atoms with Crippen molar-refractivity contribution < 1.29 is 15.3 Å². The standard InChI is InChI=1S/C11H14ClNO3/c1-6(2)11(16)13-5-7-3-8(12)4-9(14)10(7)15/h3-6,11,14-16H,1-2H3/b13-5+. The van der Waals surface area contributed by atoms with Gasteiger partial charge >= 0.3 is 0 Å². The molecule has 1 rings (SSSR count). The van der Waals surface area contributed by atoms with Crippen LogP contribution in [0.1, 0.15) is 19.4 Å². The van der Waals surface area contributed by atoms with Gasteiger partial charge in [0.15, 0.2) is 11.5 Å². The molecule has 0 spiro atoms. The van der Waals surface area contributed by atoms with Crippen LogP contribution in [0.5, 0.6) is 11.5 Å². The van der Waals surface area contributed by atoms with Crippen molar-refractivity contribution in [3.63, 3.8) is 0 Å². The fourth-order valence-electron chi connectivity index (χ4n) is 1.03. The summed E-state index contributed by atoms with van der Waals surface area (Å²) >= 11 is 5.70. The number of nitrogens with zero attached hydrogens (tertiary/aromatic N) is 1. The predicted molar refractivity (Wildman–Crippen MR) is 63.2 cm³/mol. The molecule has 1 atom stereocenters. The molecular weight excluding hydrogens is 230 g/mol. The third-order valence-electron chi connectivity index (χ3n) is 2.05. The second-order valence-corrected chi connectivity index (χ2v) is 4.23. The van der Waals surface area contributed by atoms with E-state index in [1.807, 2.05) is 13.8 Å². The average molecular weight is 244 g/mol. The van der Waals surface area contributed by atoms with Crippen LogP contribution < -0.4 is 0 Å². The molecule has 1 aromatic rings. The fraction of sp³-hybridized carbons (Fsp3) is 0.364. The van der Waals surface area contributed by atoms with Crippen LogP contribution in [0.3, 0.4) is 0 Å². The van der Waals surface area contributed by atoms with Gasteiger partial charge < -0.3 is 15.3 Å². The van der Waals surface area contributed by atoms with Gasteiger partial charge in [0.1, 0.15) is 6.23 Å². The summed E-state index contributed by atoms with van der Waals surface area (Å²) in [5.41, 5.74) is 0.268. The van der Waals surface area contributed by atoms with E-state index in [-0.39, 0.29) is 28.0 Å². The molecular formula is C11H14ClNO3. The number of aromatic hydroxyl groups is 2. The number of aliphatic hydroxyl groups is 1. The maximum atomic E-state index is 9.49. The van der Waals surface area contributed by atoms with E-state index in [1.54, 1.807) is 0 Å². The van der Waals surface area contributed by atoms with E-state index in [2.05, 4.69) is 4.99 Å². The van der Waals surface area contributed by atoms with Crippen LogP contribution >= 0.6 is 11.6 Å². The Labute approximate surface area is 98.8 Å². The van der Waals surface area contributed by atoms with Crippen molar-refractivity contribution in [1.82, 2.24) is 0 Å². The van der Waals surface area contributed by atoms with E-state index in [4.69, 9.17) is 11.6 Å². The number of phenols is 2. The third-order valence-corrected chi connectivity index (χ3v) is 2.26.